The highest BCUT2D eigenvalue weighted by Crippen LogP contribution is 2.43. The van der Waals surface area contributed by atoms with Crippen LogP contribution >= 0.6 is 7.82 Å². The average Bonchev–Trinajstić information content (AvgIpc) is 3.32. The Morgan fingerprint density at radius 3 is 1.16 bits per heavy atom. The van der Waals surface area contributed by atoms with E-state index in [1.165, 1.54) is 186 Å². The van der Waals surface area contributed by atoms with Gasteiger partial charge in [-0.25, -0.2) is 4.57 Å². The van der Waals surface area contributed by atoms with E-state index in [1.807, 2.05) is 0 Å². The minimum atomic E-state index is -4.73. The molecule has 0 saturated carbocycles. The Balaban J connectivity index is 4.18. The first kappa shape index (κ1) is 65.7. The molecule has 0 aromatic rings. The van der Waals surface area contributed by atoms with Crippen LogP contribution in [0.1, 0.15) is 271 Å². The Morgan fingerprint density at radius 1 is 0.456 bits per heavy atom. The third-order valence-corrected chi connectivity index (χ3v) is 13.3. The summed E-state index contributed by atoms with van der Waals surface area (Å²) in [5, 5.41) is 8.94. The van der Waals surface area contributed by atoms with E-state index >= 15 is 0 Å². The van der Waals surface area contributed by atoms with E-state index in [1.54, 1.807) is 0 Å². The third kappa shape index (κ3) is 50.1. The van der Waals surface area contributed by atoms with Crippen molar-refractivity contribution in [3.05, 3.63) is 36.5 Å². The predicted molar refractivity (Wildman–Crippen MR) is 282 cm³/mol. The van der Waals surface area contributed by atoms with Crippen LogP contribution in [0.4, 0.5) is 0 Å². The van der Waals surface area contributed by atoms with Crippen molar-refractivity contribution in [3.63, 3.8) is 0 Å². The van der Waals surface area contributed by atoms with Gasteiger partial charge >= 0.3 is 25.7 Å². The molecule has 0 fully saturated rings. The third-order valence-electron chi connectivity index (χ3n) is 12.4. The summed E-state index contributed by atoms with van der Waals surface area (Å²) < 4.78 is 32.9. The molecule has 0 aromatic heterocycles. The number of rotatable bonds is 53. The number of hydrogen-bond donors (Lipinski definition) is 3. The largest absolute Gasteiger partial charge is 0.480 e. The number of carboxylic acids is 1. The minimum absolute atomic E-state index is 0.160. The van der Waals surface area contributed by atoms with Gasteiger partial charge in [0.25, 0.3) is 0 Å². The zero-order valence-electron chi connectivity index (χ0n) is 43.7. The summed E-state index contributed by atoms with van der Waals surface area (Å²) in [4.78, 5) is 46.3. The lowest BCUT2D eigenvalue weighted by Crippen LogP contribution is -2.34. The number of allylic oxidation sites excluding steroid dienone is 6. The molecule has 0 spiro atoms. The van der Waals surface area contributed by atoms with Gasteiger partial charge in [-0.1, -0.05) is 224 Å². The number of ether oxygens (including phenoxy) is 2. The fourth-order valence-electron chi connectivity index (χ4n) is 7.98. The van der Waals surface area contributed by atoms with Crippen LogP contribution in [0.3, 0.4) is 0 Å². The van der Waals surface area contributed by atoms with Crippen molar-refractivity contribution in [1.82, 2.24) is 0 Å². The van der Waals surface area contributed by atoms with E-state index in [2.05, 4.69) is 50.3 Å². The van der Waals surface area contributed by atoms with Crippen LogP contribution in [0.15, 0.2) is 36.5 Å². The van der Waals surface area contributed by atoms with Crippen molar-refractivity contribution in [2.75, 3.05) is 19.8 Å². The van der Waals surface area contributed by atoms with Gasteiger partial charge in [-0.15, -0.1) is 0 Å². The van der Waals surface area contributed by atoms with Gasteiger partial charge in [0.1, 0.15) is 12.6 Å². The molecule has 0 aliphatic heterocycles. The lowest BCUT2D eigenvalue weighted by molar-refractivity contribution is -0.161. The maximum Gasteiger partial charge on any atom is 0.472 e. The molecular weight excluding hydrogens is 878 g/mol. The molecule has 0 rings (SSSR count). The van der Waals surface area contributed by atoms with Crippen LogP contribution in [-0.2, 0) is 37.5 Å². The van der Waals surface area contributed by atoms with Gasteiger partial charge in [0.2, 0.25) is 0 Å². The van der Waals surface area contributed by atoms with Gasteiger partial charge in [-0.2, -0.15) is 0 Å². The topological polar surface area (TPSA) is 172 Å². The number of unbranched alkanes of at least 4 members (excludes halogenated alkanes) is 33. The molecule has 398 valence electrons. The predicted octanol–water partition coefficient (Wildman–Crippen LogP) is 16.3. The van der Waals surface area contributed by atoms with E-state index in [0.717, 1.165) is 44.9 Å². The van der Waals surface area contributed by atoms with Crippen LogP contribution in [0, 0.1) is 0 Å². The number of phosphoric ester groups is 1. The van der Waals surface area contributed by atoms with Crippen LogP contribution in [0.25, 0.3) is 0 Å². The zero-order valence-corrected chi connectivity index (χ0v) is 44.6. The molecule has 0 heterocycles. The molecule has 3 unspecified atom stereocenters. The number of nitrogens with two attached hydrogens (primary N) is 1. The van der Waals surface area contributed by atoms with E-state index < -0.39 is 51.1 Å². The molecule has 3 atom stereocenters. The quantitative estimate of drug-likeness (QED) is 0.0229. The maximum atomic E-state index is 12.7. The molecule has 11 nitrogen and oxygen atoms in total. The summed E-state index contributed by atoms with van der Waals surface area (Å²) in [6.45, 7) is 2.84. The lowest BCUT2D eigenvalue weighted by atomic mass is 10.0. The Labute approximate surface area is 416 Å². The standard InChI is InChI=1S/C56H104NO10P/c1-3-5-7-9-11-13-15-17-19-21-23-25-26-28-30-32-34-36-38-40-42-44-46-48-55(59)67-52(50-65-68(62,63)66-51-53(57)56(60)61)49-64-54(58)47-45-43-41-39-37-35-33-31-29-27-24-22-20-18-16-14-12-10-8-6-4-2/h15,17,21-24,52-53H,3-14,16,18-20,25-51,57H2,1-2H3,(H,60,61)(H,62,63)/b17-15-,23-21-,24-22-. The first-order chi connectivity index (χ1) is 33.1. The molecule has 0 bridgehead atoms. The first-order valence-corrected chi connectivity index (χ1v) is 29.5. The SMILES string of the molecule is CCCCCCC/C=C\C/C=C\CCCCCCCCCCCCCC(=O)OC(COC(=O)CCCCCCCCCCC/C=C\CCCCCCCCCC)COP(=O)(O)OCC(N)C(=O)O. The summed E-state index contributed by atoms with van der Waals surface area (Å²) in [5.74, 6) is -2.37. The van der Waals surface area contributed by atoms with Crippen molar-refractivity contribution in [2.45, 2.75) is 283 Å². The van der Waals surface area contributed by atoms with Crippen LogP contribution in [0.5, 0.6) is 0 Å². The fourth-order valence-corrected chi connectivity index (χ4v) is 8.75. The molecule has 68 heavy (non-hydrogen) atoms. The van der Waals surface area contributed by atoms with Gasteiger partial charge in [-0.05, 0) is 70.6 Å². The molecule has 0 radical (unpaired) electrons. The first-order valence-electron chi connectivity index (χ1n) is 28.0. The molecule has 0 saturated heterocycles. The molecule has 0 aliphatic rings. The maximum absolute atomic E-state index is 12.7. The smallest absolute Gasteiger partial charge is 0.472 e. The van der Waals surface area contributed by atoms with Crippen molar-refractivity contribution < 1.29 is 47.5 Å². The van der Waals surface area contributed by atoms with Crippen molar-refractivity contribution in [2.24, 2.45) is 5.73 Å². The number of hydrogen-bond acceptors (Lipinski definition) is 9. The number of aliphatic carboxylic acids is 1. The summed E-state index contributed by atoms with van der Waals surface area (Å²) in [6.07, 6.45) is 59.2. The lowest BCUT2D eigenvalue weighted by Gasteiger charge is -2.20. The second kappa shape index (κ2) is 51.1. The Bertz CT molecular complexity index is 1290. The number of phosphoric acid groups is 1. The fraction of sp³-hybridized carbons (Fsp3) is 0.839. The Hall–Kier alpha value is -2.30. The highest BCUT2D eigenvalue weighted by molar-refractivity contribution is 7.47. The summed E-state index contributed by atoms with van der Waals surface area (Å²) >= 11 is 0. The van der Waals surface area contributed by atoms with Gasteiger partial charge in [0.05, 0.1) is 13.2 Å². The zero-order chi connectivity index (χ0) is 49.9. The van der Waals surface area contributed by atoms with E-state index in [0.29, 0.717) is 12.8 Å². The number of carbonyl (C=O) groups excluding carboxylic acids is 2. The molecule has 0 aromatic carbocycles. The summed E-state index contributed by atoms with van der Waals surface area (Å²) in [7, 11) is -4.73. The molecular formula is C56H104NO10P. The number of carbonyl (C=O) groups is 3. The second-order valence-corrected chi connectivity index (χ2v) is 20.5. The van der Waals surface area contributed by atoms with Crippen LogP contribution in [0.2, 0.25) is 0 Å². The molecule has 0 aliphatic carbocycles. The van der Waals surface area contributed by atoms with Crippen molar-refractivity contribution in [3.8, 4) is 0 Å². The van der Waals surface area contributed by atoms with Gasteiger partial charge in [0, 0.05) is 12.8 Å². The number of carboxylic acid groups (broad SMARTS) is 1. The summed E-state index contributed by atoms with van der Waals surface area (Å²) in [5.41, 5.74) is 5.36. The number of esters is 2. The van der Waals surface area contributed by atoms with E-state index in [-0.39, 0.29) is 19.4 Å². The van der Waals surface area contributed by atoms with Crippen LogP contribution in [-0.4, -0.2) is 59.9 Å². The second-order valence-electron chi connectivity index (χ2n) is 19.1. The monoisotopic (exact) mass is 982 g/mol. The highest BCUT2D eigenvalue weighted by atomic mass is 31.2. The highest BCUT2D eigenvalue weighted by Gasteiger charge is 2.28. The molecule has 4 N–H and O–H groups in total. The summed E-state index contributed by atoms with van der Waals surface area (Å²) in [6, 6.07) is -1.52. The minimum Gasteiger partial charge on any atom is -0.480 e. The van der Waals surface area contributed by atoms with Crippen LogP contribution < -0.4 is 5.73 Å². The normalized spacial score (nSPS) is 13.7. The van der Waals surface area contributed by atoms with E-state index in [9.17, 15) is 23.8 Å². The van der Waals surface area contributed by atoms with E-state index in [4.69, 9.17) is 29.4 Å². The van der Waals surface area contributed by atoms with Gasteiger partial charge < -0.3 is 25.2 Å². The van der Waals surface area contributed by atoms with Crippen molar-refractivity contribution in [1.29, 1.82) is 0 Å². The Morgan fingerprint density at radius 2 is 0.779 bits per heavy atom. The molecule has 12 heteroatoms. The average molecular weight is 982 g/mol. The molecule has 0 amide bonds. The van der Waals surface area contributed by atoms with Gasteiger partial charge in [0.15, 0.2) is 6.10 Å². The van der Waals surface area contributed by atoms with Gasteiger partial charge in [-0.3, -0.25) is 23.4 Å². The van der Waals surface area contributed by atoms with Crippen molar-refractivity contribution >= 4 is 25.7 Å². The Kier molecular flexibility index (Phi) is 49.3.